The minimum absolute atomic E-state index is 0.853. The average Bonchev–Trinajstić information content (AvgIpc) is 3.09. The number of thiazole rings is 1. The van der Waals surface area contributed by atoms with Crippen molar-refractivity contribution in [3.05, 3.63) is 49.1 Å². The number of hydrogen-bond donors (Lipinski definition) is 0. The molecule has 0 radical (unpaired) electrons. The van der Waals surface area contributed by atoms with Gasteiger partial charge in [0.15, 0.2) is 0 Å². The lowest BCUT2D eigenvalue weighted by molar-refractivity contribution is 0.415. The summed E-state index contributed by atoms with van der Waals surface area (Å²) in [4.78, 5) is 5.52. The van der Waals surface area contributed by atoms with Crippen LogP contribution in [0.4, 0.5) is 0 Å². The molecule has 0 N–H and O–H groups in total. The Balaban J connectivity index is 1.97. The predicted molar refractivity (Wildman–Crippen MR) is 71.8 cm³/mol. The molecule has 0 amide bonds. The van der Waals surface area contributed by atoms with E-state index in [4.69, 9.17) is 9.15 Å². The van der Waals surface area contributed by atoms with Crippen LogP contribution in [0.1, 0.15) is 0 Å². The molecule has 18 heavy (non-hydrogen) atoms. The number of nitrogens with zero attached hydrogens (tertiary/aromatic N) is 1. The Morgan fingerprint density at radius 3 is 2.94 bits per heavy atom. The maximum absolute atomic E-state index is 5.22. The molecule has 2 heterocycles. The summed E-state index contributed by atoms with van der Waals surface area (Å²) in [5.74, 6) is 0.853. The molecule has 0 aliphatic rings. The third-order valence-electron chi connectivity index (χ3n) is 2.63. The molecule has 2 aromatic heterocycles. The number of ether oxygens (including phenoxy) is 1. The highest BCUT2D eigenvalue weighted by Gasteiger charge is 2.08. The number of hydrogen-bond acceptors (Lipinski definition) is 4. The van der Waals surface area contributed by atoms with E-state index in [1.807, 2.05) is 30.5 Å². The fraction of sp³-hybridized carbons (Fsp3) is 0.0714. The first kappa shape index (κ1) is 11.0. The highest BCUT2D eigenvalue weighted by atomic mass is 32.1. The van der Waals surface area contributed by atoms with Crippen LogP contribution in [0.2, 0.25) is 0 Å². The van der Waals surface area contributed by atoms with Crippen molar-refractivity contribution in [3.8, 4) is 26.8 Å². The standard InChI is InChI=1S/C14H11NO2S/c1-16-12-4-2-3-10(7-12)13-8-15-14(18-13)11-5-6-17-9-11/h2-9H,1H3. The van der Waals surface area contributed by atoms with Crippen molar-refractivity contribution in [2.45, 2.75) is 0 Å². The van der Waals surface area contributed by atoms with Gasteiger partial charge in [0.2, 0.25) is 0 Å². The molecule has 0 aliphatic heterocycles. The first-order chi connectivity index (χ1) is 8.86. The lowest BCUT2D eigenvalue weighted by atomic mass is 10.2. The number of methoxy groups -OCH3 is 1. The van der Waals surface area contributed by atoms with Crippen LogP contribution in [0.25, 0.3) is 21.0 Å². The molecule has 0 saturated carbocycles. The van der Waals surface area contributed by atoms with Crippen LogP contribution in [0.3, 0.4) is 0 Å². The Labute approximate surface area is 109 Å². The normalized spacial score (nSPS) is 10.5. The van der Waals surface area contributed by atoms with Crippen molar-refractivity contribution in [1.82, 2.24) is 4.98 Å². The molecule has 0 spiro atoms. The van der Waals surface area contributed by atoms with E-state index in [2.05, 4.69) is 11.1 Å². The minimum atomic E-state index is 0.853. The SMILES string of the molecule is COc1cccc(-c2cnc(-c3ccoc3)s2)c1. The van der Waals surface area contributed by atoms with Crippen LogP contribution in [-0.4, -0.2) is 12.1 Å². The summed E-state index contributed by atoms with van der Waals surface area (Å²) in [5, 5.41) is 0.960. The Kier molecular flexibility index (Phi) is 2.86. The molecular weight excluding hydrogens is 246 g/mol. The molecule has 0 unspecified atom stereocenters. The van der Waals surface area contributed by atoms with Gasteiger partial charge < -0.3 is 9.15 Å². The lowest BCUT2D eigenvalue weighted by Crippen LogP contribution is -1.81. The average molecular weight is 257 g/mol. The van der Waals surface area contributed by atoms with Gasteiger partial charge in [-0.25, -0.2) is 4.98 Å². The molecule has 0 aliphatic carbocycles. The topological polar surface area (TPSA) is 35.3 Å². The summed E-state index contributed by atoms with van der Waals surface area (Å²) in [6, 6.07) is 9.88. The van der Waals surface area contributed by atoms with E-state index >= 15 is 0 Å². The Morgan fingerprint density at radius 1 is 1.22 bits per heavy atom. The van der Waals surface area contributed by atoms with Crippen molar-refractivity contribution in [2.75, 3.05) is 7.11 Å². The van der Waals surface area contributed by atoms with Crippen LogP contribution in [-0.2, 0) is 0 Å². The summed E-state index contributed by atoms with van der Waals surface area (Å²) >= 11 is 1.64. The van der Waals surface area contributed by atoms with E-state index < -0.39 is 0 Å². The minimum Gasteiger partial charge on any atom is -0.497 e. The molecule has 0 atom stereocenters. The van der Waals surface area contributed by atoms with E-state index in [0.29, 0.717) is 0 Å². The third kappa shape index (κ3) is 2.02. The highest BCUT2D eigenvalue weighted by molar-refractivity contribution is 7.18. The summed E-state index contributed by atoms with van der Waals surface area (Å²) in [7, 11) is 1.67. The Morgan fingerprint density at radius 2 is 2.17 bits per heavy atom. The highest BCUT2D eigenvalue weighted by Crippen LogP contribution is 2.33. The molecule has 3 rings (SSSR count). The van der Waals surface area contributed by atoms with Gasteiger partial charge in [0.25, 0.3) is 0 Å². The van der Waals surface area contributed by atoms with Gasteiger partial charge in [-0.3, -0.25) is 0 Å². The third-order valence-corrected chi connectivity index (χ3v) is 3.72. The molecule has 3 nitrogen and oxygen atoms in total. The van der Waals surface area contributed by atoms with Gasteiger partial charge >= 0.3 is 0 Å². The van der Waals surface area contributed by atoms with Crippen molar-refractivity contribution in [1.29, 1.82) is 0 Å². The monoisotopic (exact) mass is 257 g/mol. The fourth-order valence-corrected chi connectivity index (χ4v) is 2.60. The van der Waals surface area contributed by atoms with Crippen LogP contribution in [0.15, 0.2) is 53.5 Å². The zero-order valence-corrected chi connectivity index (χ0v) is 10.6. The maximum atomic E-state index is 5.22. The predicted octanol–water partition coefficient (Wildman–Crippen LogP) is 4.08. The fourth-order valence-electron chi connectivity index (χ4n) is 1.70. The zero-order valence-electron chi connectivity index (χ0n) is 9.79. The van der Waals surface area contributed by atoms with Gasteiger partial charge in [0, 0.05) is 11.8 Å². The molecule has 0 saturated heterocycles. The van der Waals surface area contributed by atoms with E-state index in [-0.39, 0.29) is 0 Å². The van der Waals surface area contributed by atoms with Crippen molar-refractivity contribution < 1.29 is 9.15 Å². The second kappa shape index (κ2) is 4.66. The van der Waals surface area contributed by atoms with Crippen LogP contribution in [0, 0.1) is 0 Å². The van der Waals surface area contributed by atoms with Gasteiger partial charge in [-0.05, 0) is 23.8 Å². The molecule has 4 heteroatoms. The summed E-state index contributed by atoms with van der Waals surface area (Å²) < 4.78 is 10.3. The quantitative estimate of drug-likeness (QED) is 0.709. The molecule has 1 aromatic carbocycles. The van der Waals surface area contributed by atoms with Crippen molar-refractivity contribution >= 4 is 11.3 Å². The van der Waals surface area contributed by atoms with Crippen LogP contribution in [0.5, 0.6) is 5.75 Å². The zero-order chi connectivity index (χ0) is 12.4. The molecule has 90 valence electrons. The van der Waals surface area contributed by atoms with Crippen molar-refractivity contribution in [3.63, 3.8) is 0 Å². The second-order valence-corrected chi connectivity index (χ2v) is 4.80. The number of rotatable bonds is 3. The largest absolute Gasteiger partial charge is 0.497 e. The Bertz CT molecular complexity index is 643. The summed E-state index contributed by atoms with van der Waals surface area (Å²) in [6.45, 7) is 0. The number of furan rings is 1. The summed E-state index contributed by atoms with van der Waals surface area (Å²) in [6.07, 6.45) is 5.23. The smallest absolute Gasteiger partial charge is 0.127 e. The number of benzene rings is 1. The second-order valence-electron chi connectivity index (χ2n) is 3.77. The van der Waals surface area contributed by atoms with Gasteiger partial charge in [0.05, 0.1) is 18.3 Å². The molecular formula is C14H11NO2S. The molecule has 0 bridgehead atoms. The van der Waals surface area contributed by atoms with E-state index in [9.17, 15) is 0 Å². The summed E-state index contributed by atoms with van der Waals surface area (Å²) in [5.41, 5.74) is 2.12. The van der Waals surface area contributed by atoms with E-state index in [1.54, 1.807) is 31.0 Å². The molecule has 3 aromatic rings. The Hall–Kier alpha value is -2.07. The number of aromatic nitrogens is 1. The van der Waals surface area contributed by atoms with Gasteiger partial charge in [-0.2, -0.15) is 0 Å². The van der Waals surface area contributed by atoms with Gasteiger partial charge in [0.1, 0.15) is 17.0 Å². The first-order valence-corrected chi connectivity index (χ1v) is 6.31. The van der Waals surface area contributed by atoms with Gasteiger partial charge in [-0.1, -0.05) is 12.1 Å². The van der Waals surface area contributed by atoms with Crippen molar-refractivity contribution in [2.24, 2.45) is 0 Å². The van der Waals surface area contributed by atoms with Crippen LogP contribution >= 0.6 is 11.3 Å². The first-order valence-electron chi connectivity index (χ1n) is 5.49. The lowest BCUT2D eigenvalue weighted by Gasteiger charge is -2.01. The van der Waals surface area contributed by atoms with E-state index in [1.165, 1.54) is 0 Å². The van der Waals surface area contributed by atoms with E-state index in [0.717, 1.165) is 26.8 Å². The van der Waals surface area contributed by atoms with Gasteiger partial charge in [-0.15, -0.1) is 11.3 Å². The maximum Gasteiger partial charge on any atom is 0.127 e. The molecule has 0 fully saturated rings. The van der Waals surface area contributed by atoms with Crippen LogP contribution < -0.4 is 4.74 Å².